The van der Waals surface area contributed by atoms with Crippen molar-refractivity contribution in [2.24, 2.45) is 0 Å². The molecular formula is C17H27NS. The Morgan fingerprint density at radius 2 is 2.11 bits per heavy atom. The molecule has 0 aliphatic carbocycles. The second-order valence-electron chi connectivity index (χ2n) is 6.00. The summed E-state index contributed by atoms with van der Waals surface area (Å²) in [5, 5.41) is 3.79. The molecule has 0 saturated carbocycles. The first-order chi connectivity index (χ1) is 9.07. The zero-order valence-electron chi connectivity index (χ0n) is 12.8. The van der Waals surface area contributed by atoms with Crippen LogP contribution in [-0.2, 0) is 0 Å². The van der Waals surface area contributed by atoms with Crippen molar-refractivity contribution in [1.29, 1.82) is 0 Å². The standard InChI is InChI=1S/C17H27NS/c1-5-10-18-16(17(4)9-6-11-19-17)15-8-7-13(2)14(3)12-15/h7-8,12,16,18H,5-6,9-11H2,1-4H3. The van der Waals surface area contributed by atoms with E-state index in [1.165, 1.54) is 41.7 Å². The predicted octanol–water partition coefficient (Wildman–Crippen LogP) is 4.63. The lowest BCUT2D eigenvalue weighted by Gasteiger charge is -2.35. The van der Waals surface area contributed by atoms with E-state index in [9.17, 15) is 0 Å². The molecule has 19 heavy (non-hydrogen) atoms. The Morgan fingerprint density at radius 1 is 1.32 bits per heavy atom. The van der Waals surface area contributed by atoms with E-state index in [0.29, 0.717) is 10.8 Å². The van der Waals surface area contributed by atoms with Gasteiger partial charge in [-0.2, -0.15) is 11.8 Å². The highest BCUT2D eigenvalue weighted by Gasteiger charge is 2.38. The Kier molecular flexibility index (Phi) is 4.97. The molecule has 1 fully saturated rings. The van der Waals surface area contributed by atoms with Crippen LogP contribution < -0.4 is 5.32 Å². The maximum absolute atomic E-state index is 3.79. The number of benzene rings is 1. The maximum atomic E-state index is 3.79. The average molecular weight is 277 g/mol. The Balaban J connectivity index is 2.28. The van der Waals surface area contributed by atoms with Crippen LogP contribution in [0.1, 0.15) is 55.8 Å². The van der Waals surface area contributed by atoms with E-state index < -0.39 is 0 Å². The number of nitrogens with one attached hydrogen (secondary N) is 1. The molecule has 2 atom stereocenters. The minimum atomic E-state index is 0.358. The highest BCUT2D eigenvalue weighted by molar-refractivity contribution is 8.00. The molecule has 1 saturated heterocycles. The lowest BCUT2D eigenvalue weighted by Crippen LogP contribution is -2.38. The third kappa shape index (κ3) is 3.35. The Bertz CT molecular complexity index is 421. The van der Waals surface area contributed by atoms with Gasteiger partial charge < -0.3 is 5.32 Å². The predicted molar refractivity (Wildman–Crippen MR) is 87.0 cm³/mol. The highest BCUT2D eigenvalue weighted by Crippen LogP contribution is 2.46. The molecule has 1 aromatic rings. The Morgan fingerprint density at radius 3 is 2.68 bits per heavy atom. The first kappa shape index (κ1) is 14.9. The smallest absolute Gasteiger partial charge is 0.0466 e. The summed E-state index contributed by atoms with van der Waals surface area (Å²) in [5.74, 6) is 1.31. The van der Waals surface area contributed by atoms with E-state index in [1.54, 1.807) is 0 Å². The number of hydrogen-bond acceptors (Lipinski definition) is 2. The number of thioether (sulfide) groups is 1. The molecule has 1 aliphatic heterocycles. The van der Waals surface area contributed by atoms with Gasteiger partial charge in [-0.1, -0.05) is 25.1 Å². The second-order valence-corrected chi connectivity index (χ2v) is 7.63. The number of aryl methyl sites for hydroxylation is 2. The van der Waals surface area contributed by atoms with Crippen LogP contribution in [0.3, 0.4) is 0 Å². The van der Waals surface area contributed by atoms with Gasteiger partial charge in [0.1, 0.15) is 0 Å². The van der Waals surface area contributed by atoms with Gasteiger partial charge in [-0.05, 0) is 69.0 Å². The summed E-state index contributed by atoms with van der Waals surface area (Å²) in [6.07, 6.45) is 3.88. The van der Waals surface area contributed by atoms with E-state index >= 15 is 0 Å². The zero-order valence-corrected chi connectivity index (χ0v) is 13.6. The Hall–Kier alpha value is -0.470. The van der Waals surface area contributed by atoms with Gasteiger partial charge in [0.05, 0.1) is 0 Å². The quantitative estimate of drug-likeness (QED) is 0.842. The van der Waals surface area contributed by atoms with Crippen molar-refractivity contribution in [3.8, 4) is 0 Å². The van der Waals surface area contributed by atoms with Crippen molar-refractivity contribution in [2.45, 2.75) is 57.7 Å². The van der Waals surface area contributed by atoms with Crippen LogP contribution >= 0.6 is 11.8 Å². The summed E-state index contributed by atoms with van der Waals surface area (Å²) in [6.45, 7) is 10.2. The molecule has 0 spiro atoms. The van der Waals surface area contributed by atoms with Gasteiger partial charge in [0, 0.05) is 10.8 Å². The summed E-state index contributed by atoms with van der Waals surface area (Å²) in [4.78, 5) is 0. The number of hydrogen-bond donors (Lipinski definition) is 1. The van der Waals surface area contributed by atoms with Gasteiger partial charge >= 0.3 is 0 Å². The summed E-state index contributed by atoms with van der Waals surface area (Å²) < 4.78 is 0.358. The summed E-state index contributed by atoms with van der Waals surface area (Å²) in [6, 6.07) is 7.46. The number of rotatable bonds is 5. The molecule has 2 unspecified atom stereocenters. The lowest BCUT2D eigenvalue weighted by atomic mass is 9.88. The van der Waals surface area contributed by atoms with Crippen LogP contribution in [-0.4, -0.2) is 17.0 Å². The van der Waals surface area contributed by atoms with Gasteiger partial charge in [-0.25, -0.2) is 0 Å². The molecule has 0 radical (unpaired) electrons. The summed E-state index contributed by atoms with van der Waals surface area (Å²) in [5.41, 5.74) is 4.27. The van der Waals surface area contributed by atoms with Crippen molar-refractivity contribution in [1.82, 2.24) is 5.32 Å². The van der Waals surface area contributed by atoms with Crippen molar-refractivity contribution in [3.63, 3.8) is 0 Å². The molecule has 0 aromatic heterocycles. The zero-order chi connectivity index (χ0) is 13.9. The minimum Gasteiger partial charge on any atom is -0.309 e. The normalized spacial score (nSPS) is 24.6. The molecule has 2 rings (SSSR count). The van der Waals surface area contributed by atoms with Crippen LogP contribution in [0.15, 0.2) is 18.2 Å². The second kappa shape index (κ2) is 6.32. The fourth-order valence-corrected chi connectivity index (χ4v) is 4.38. The SMILES string of the molecule is CCCNC(c1ccc(C)c(C)c1)C1(C)CCCS1. The van der Waals surface area contributed by atoms with Crippen molar-refractivity contribution in [3.05, 3.63) is 34.9 Å². The van der Waals surface area contributed by atoms with Gasteiger partial charge in [0.2, 0.25) is 0 Å². The molecule has 0 bridgehead atoms. The molecule has 1 nitrogen and oxygen atoms in total. The van der Waals surface area contributed by atoms with Crippen LogP contribution in [0.4, 0.5) is 0 Å². The van der Waals surface area contributed by atoms with Gasteiger partial charge in [0.15, 0.2) is 0 Å². The molecule has 1 aliphatic rings. The molecule has 1 aromatic carbocycles. The minimum absolute atomic E-state index is 0.358. The van der Waals surface area contributed by atoms with E-state index in [-0.39, 0.29) is 0 Å². The molecule has 0 amide bonds. The van der Waals surface area contributed by atoms with E-state index in [4.69, 9.17) is 0 Å². The molecule has 106 valence electrons. The van der Waals surface area contributed by atoms with E-state index in [0.717, 1.165) is 6.54 Å². The summed E-state index contributed by atoms with van der Waals surface area (Å²) >= 11 is 2.15. The van der Waals surface area contributed by atoms with E-state index in [1.807, 2.05) is 0 Å². The van der Waals surface area contributed by atoms with Crippen LogP contribution in [0, 0.1) is 13.8 Å². The van der Waals surface area contributed by atoms with E-state index in [2.05, 4.69) is 63.0 Å². The first-order valence-corrected chi connectivity index (χ1v) is 8.50. The molecule has 1 N–H and O–H groups in total. The van der Waals surface area contributed by atoms with Crippen LogP contribution in [0.5, 0.6) is 0 Å². The average Bonchev–Trinajstić information content (AvgIpc) is 2.82. The van der Waals surface area contributed by atoms with Gasteiger partial charge in [-0.15, -0.1) is 0 Å². The third-order valence-electron chi connectivity index (χ3n) is 4.32. The van der Waals surface area contributed by atoms with Crippen molar-refractivity contribution >= 4 is 11.8 Å². The van der Waals surface area contributed by atoms with Crippen LogP contribution in [0.2, 0.25) is 0 Å². The highest BCUT2D eigenvalue weighted by atomic mass is 32.2. The van der Waals surface area contributed by atoms with Crippen molar-refractivity contribution in [2.75, 3.05) is 12.3 Å². The fraction of sp³-hybridized carbons (Fsp3) is 0.647. The maximum Gasteiger partial charge on any atom is 0.0466 e. The van der Waals surface area contributed by atoms with Crippen molar-refractivity contribution < 1.29 is 0 Å². The molecule has 1 heterocycles. The lowest BCUT2D eigenvalue weighted by molar-refractivity contribution is 0.413. The van der Waals surface area contributed by atoms with Gasteiger partial charge in [0.25, 0.3) is 0 Å². The third-order valence-corrected chi connectivity index (χ3v) is 5.91. The van der Waals surface area contributed by atoms with Crippen LogP contribution in [0.25, 0.3) is 0 Å². The fourth-order valence-electron chi connectivity index (χ4n) is 2.95. The first-order valence-electron chi connectivity index (χ1n) is 7.51. The topological polar surface area (TPSA) is 12.0 Å². The van der Waals surface area contributed by atoms with Gasteiger partial charge in [-0.3, -0.25) is 0 Å². The molecular weight excluding hydrogens is 250 g/mol. The monoisotopic (exact) mass is 277 g/mol. The summed E-state index contributed by atoms with van der Waals surface area (Å²) in [7, 11) is 0. The Labute approximate surface area is 122 Å². The largest absolute Gasteiger partial charge is 0.309 e. The molecule has 2 heteroatoms.